The van der Waals surface area contributed by atoms with Gasteiger partial charge in [0.25, 0.3) is 0 Å². The minimum atomic E-state index is -3.38. The van der Waals surface area contributed by atoms with Crippen LogP contribution in [0.25, 0.3) is 0 Å². The molecule has 94 valence electrons. The van der Waals surface area contributed by atoms with Crippen molar-refractivity contribution in [1.82, 2.24) is 9.29 Å². The molecule has 0 amide bonds. The van der Waals surface area contributed by atoms with E-state index < -0.39 is 10.0 Å². The third-order valence-corrected chi connectivity index (χ3v) is 4.79. The highest BCUT2D eigenvalue weighted by Gasteiger charge is 2.30. The molecule has 5 nitrogen and oxygen atoms in total. The van der Waals surface area contributed by atoms with Gasteiger partial charge in [-0.25, -0.2) is 13.4 Å². The summed E-state index contributed by atoms with van der Waals surface area (Å²) in [6, 6.07) is 3.09. The normalized spacial score (nSPS) is 21.6. The summed E-state index contributed by atoms with van der Waals surface area (Å²) < 4.78 is 30.9. The molecule has 0 N–H and O–H groups in total. The number of methoxy groups -OCH3 is 1. The van der Waals surface area contributed by atoms with Gasteiger partial charge in [-0.15, -0.1) is 0 Å². The van der Waals surface area contributed by atoms with Gasteiger partial charge >= 0.3 is 0 Å². The van der Waals surface area contributed by atoms with Crippen LogP contribution >= 0.6 is 0 Å². The third-order valence-electron chi connectivity index (χ3n) is 2.94. The van der Waals surface area contributed by atoms with Crippen molar-refractivity contribution in [3.8, 4) is 5.88 Å². The average Bonchev–Trinajstić information content (AvgIpc) is 2.77. The van der Waals surface area contributed by atoms with Crippen LogP contribution < -0.4 is 4.74 Å². The Morgan fingerprint density at radius 3 is 2.71 bits per heavy atom. The maximum Gasteiger partial charge on any atom is 0.244 e. The Morgan fingerprint density at radius 2 is 2.24 bits per heavy atom. The first-order chi connectivity index (χ1) is 8.04. The van der Waals surface area contributed by atoms with E-state index in [2.05, 4.69) is 11.9 Å². The summed E-state index contributed by atoms with van der Waals surface area (Å²) in [6.07, 6.45) is 2.26. The van der Waals surface area contributed by atoms with Gasteiger partial charge in [-0.1, -0.05) is 6.92 Å². The summed E-state index contributed by atoms with van der Waals surface area (Å²) in [6.45, 7) is 3.24. The van der Waals surface area contributed by atoms with E-state index in [1.807, 2.05) is 0 Å². The van der Waals surface area contributed by atoms with Crippen LogP contribution in [0.5, 0.6) is 5.88 Å². The fourth-order valence-corrected chi connectivity index (χ4v) is 3.42. The average molecular weight is 256 g/mol. The van der Waals surface area contributed by atoms with Crippen molar-refractivity contribution in [2.75, 3.05) is 20.2 Å². The quantitative estimate of drug-likeness (QED) is 0.813. The number of pyridine rings is 1. The fourth-order valence-electron chi connectivity index (χ4n) is 1.90. The summed E-state index contributed by atoms with van der Waals surface area (Å²) in [5, 5.41) is 0. The lowest BCUT2D eigenvalue weighted by molar-refractivity contribution is 0.397. The van der Waals surface area contributed by atoms with Crippen molar-refractivity contribution in [2.24, 2.45) is 5.92 Å². The van der Waals surface area contributed by atoms with E-state index in [-0.39, 0.29) is 4.90 Å². The monoisotopic (exact) mass is 256 g/mol. The Kier molecular flexibility index (Phi) is 3.35. The van der Waals surface area contributed by atoms with Crippen molar-refractivity contribution < 1.29 is 13.2 Å². The minimum Gasteiger partial charge on any atom is -0.481 e. The van der Waals surface area contributed by atoms with E-state index in [1.165, 1.54) is 23.7 Å². The van der Waals surface area contributed by atoms with Crippen LogP contribution in [0.3, 0.4) is 0 Å². The van der Waals surface area contributed by atoms with Crippen LogP contribution in [0.15, 0.2) is 23.2 Å². The summed E-state index contributed by atoms with van der Waals surface area (Å²) in [5.41, 5.74) is 0. The summed E-state index contributed by atoms with van der Waals surface area (Å²) in [5.74, 6) is 0.842. The molecule has 1 aliphatic heterocycles. The zero-order valence-corrected chi connectivity index (χ0v) is 10.8. The van der Waals surface area contributed by atoms with Gasteiger partial charge in [-0.3, -0.25) is 0 Å². The molecule has 0 radical (unpaired) electrons. The third kappa shape index (κ3) is 2.42. The smallest absolute Gasteiger partial charge is 0.244 e. The van der Waals surface area contributed by atoms with Gasteiger partial charge in [0.05, 0.1) is 13.3 Å². The lowest BCUT2D eigenvalue weighted by atomic mass is 10.2. The van der Waals surface area contributed by atoms with E-state index in [9.17, 15) is 8.42 Å². The Bertz CT molecular complexity index is 484. The van der Waals surface area contributed by atoms with Gasteiger partial charge in [-0.2, -0.15) is 4.31 Å². The lowest BCUT2D eigenvalue weighted by Crippen LogP contribution is -2.28. The number of sulfonamides is 1. The number of nitrogens with zero attached hydrogens (tertiary/aromatic N) is 2. The Labute approximate surface area is 101 Å². The number of rotatable bonds is 3. The van der Waals surface area contributed by atoms with Crippen LogP contribution in [0.4, 0.5) is 0 Å². The second-order valence-corrected chi connectivity index (χ2v) is 6.23. The maximum absolute atomic E-state index is 12.2. The molecule has 1 aliphatic rings. The van der Waals surface area contributed by atoms with E-state index in [1.54, 1.807) is 6.07 Å². The van der Waals surface area contributed by atoms with E-state index in [0.29, 0.717) is 24.9 Å². The fraction of sp³-hybridized carbons (Fsp3) is 0.545. The Morgan fingerprint density at radius 1 is 1.47 bits per heavy atom. The van der Waals surface area contributed by atoms with Crippen LogP contribution in [-0.4, -0.2) is 37.9 Å². The van der Waals surface area contributed by atoms with Crippen LogP contribution in [-0.2, 0) is 10.0 Å². The van der Waals surface area contributed by atoms with Crippen molar-refractivity contribution in [3.05, 3.63) is 18.3 Å². The van der Waals surface area contributed by atoms with Gasteiger partial charge in [-0.05, 0) is 18.4 Å². The Balaban J connectivity index is 2.25. The highest BCUT2D eigenvalue weighted by Crippen LogP contribution is 2.24. The summed E-state index contributed by atoms with van der Waals surface area (Å²) in [4.78, 5) is 4.15. The molecular formula is C11H16N2O3S. The van der Waals surface area contributed by atoms with Crippen LogP contribution in [0.1, 0.15) is 13.3 Å². The molecule has 2 heterocycles. The molecule has 0 bridgehead atoms. The molecule has 0 unspecified atom stereocenters. The number of aromatic nitrogens is 1. The van der Waals surface area contributed by atoms with E-state index >= 15 is 0 Å². The van der Waals surface area contributed by atoms with Gasteiger partial charge in [0, 0.05) is 19.2 Å². The first-order valence-electron chi connectivity index (χ1n) is 5.54. The van der Waals surface area contributed by atoms with Crippen molar-refractivity contribution >= 4 is 10.0 Å². The molecule has 1 aromatic rings. The number of hydrogen-bond acceptors (Lipinski definition) is 4. The molecule has 0 aliphatic carbocycles. The van der Waals surface area contributed by atoms with Crippen LogP contribution in [0, 0.1) is 5.92 Å². The molecule has 1 saturated heterocycles. The molecule has 1 fully saturated rings. The molecule has 1 aromatic heterocycles. The first-order valence-corrected chi connectivity index (χ1v) is 6.98. The predicted octanol–water partition coefficient (Wildman–Crippen LogP) is 1.12. The molecule has 2 rings (SSSR count). The van der Waals surface area contributed by atoms with Gasteiger partial charge in [0.15, 0.2) is 0 Å². The van der Waals surface area contributed by atoms with Crippen molar-refractivity contribution in [1.29, 1.82) is 0 Å². The molecule has 17 heavy (non-hydrogen) atoms. The lowest BCUT2D eigenvalue weighted by Gasteiger charge is -2.15. The van der Waals surface area contributed by atoms with E-state index in [4.69, 9.17) is 4.74 Å². The van der Waals surface area contributed by atoms with Gasteiger partial charge in [0.2, 0.25) is 15.9 Å². The van der Waals surface area contributed by atoms with Gasteiger partial charge < -0.3 is 4.74 Å². The second-order valence-electron chi connectivity index (χ2n) is 4.29. The topological polar surface area (TPSA) is 59.5 Å². The van der Waals surface area contributed by atoms with Crippen LogP contribution in [0.2, 0.25) is 0 Å². The van der Waals surface area contributed by atoms with Crippen molar-refractivity contribution in [3.63, 3.8) is 0 Å². The molecule has 6 heteroatoms. The number of ether oxygens (including phenoxy) is 1. The molecule has 0 saturated carbocycles. The van der Waals surface area contributed by atoms with Gasteiger partial charge in [0.1, 0.15) is 4.90 Å². The first kappa shape index (κ1) is 12.3. The largest absolute Gasteiger partial charge is 0.481 e. The highest BCUT2D eigenvalue weighted by atomic mass is 32.2. The van der Waals surface area contributed by atoms with E-state index in [0.717, 1.165) is 6.42 Å². The second kappa shape index (κ2) is 4.62. The molecule has 1 atom stereocenters. The molecule has 0 aromatic carbocycles. The number of hydrogen-bond donors (Lipinski definition) is 0. The minimum absolute atomic E-state index is 0.229. The summed E-state index contributed by atoms with van der Waals surface area (Å²) >= 11 is 0. The van der Waals surface area contributed by atoms with Crippen molar-refractivity contribution in [2.45, 2.75) is 18.2 Å². The zero-order chi connectivity index (χ0) is 12.5. The molecule has 0 spiro atoms. The Hall–Kier alpha value is -1.14. The zero-order valence-electron chi connectivity index (χ0n) is 9.96. The SMILES string of the molecule is COc1ccc(S(=O)(=O)N2CC[C@H](C)C2)cn1. The summed E-state index contributed by atoms with van der Waals surface area (Å²) in [7, 11) is -1.88. The standard InChI is InChI=1S/C11H16N2O3S/c1-9-5-6-13(8-9)17(14,15)10-3-4-11(16-2)12-7-10/h3-4,7,9H,5-6,8H2,1-2H3/t9-/m0/s1. The maximum atomic E-state index is 12.2. The predicted molar refractivity (Wildman–Crippen MR) is 63.3 cm³/mol. The highest BCUT2D eigenvalue weighted by molar-refractivity contribution is 7.89. The molecular weight excluding hydrogens is 240 g/mol.